The van der Waals surface area contributed by atoms with E-state index < -0.39 is 0 Å². The van der Waals surface area contributed by atoms with Gasteiger partial charge in [-0.05, 0) is 55.3 Å². The van der Waals surface area contributed by atoms with Crippen LogP contribution >= 0.6 is 0 Å². The summed E-state index contributed by atoms with van der Waals surface area (Å²) in [5.74, 6) is 0. The lowest BCUT2D eigenvalue weighted by atomic mass is 10.1. The van der Waals surface area contributed by atoms with Crippen LogP contribution in [0.5, 0.6) is 0 Å². The van der Waals surface area contributed by atoms with Gasteiger partial charge in [0.25, 0.3) is 0 Å². The molecular weight excluding hydrogens is 260 g/mol. The Morgan fingerprint density at radius 1 is 1.14 bits per heavy atom. The molecule has 106 valence electrons. The molecule has 1 aromatic carbocycles. The first-order chi connectivity index (χ1) is 10.1. The third-order valence-electron chi connectivity index (χ3n) is 3.57. The summed E-state index contributed by atoms with van der Waals surface area (Å²) >= 11 is 0. The van der Waals surface area contributed by atoms with Crippen LogP contribution in [-0.4, -0.2) is 9.97 Å². The summed E-state index contributed by atoms with van der Waals surface area (Å²) in [7, 11) is 0. The Bertz CT molecular complexity index is 796. The fourth-order valence-corrected chi connectivity index (χ4v) is 2.41. The summed E-state index contributed by atoms with van der Waals surface area (Å²) in [4.78, 5) is 8.67. The molecule has 21 heavy (non-hydrogen) atoms. The number of nitrogens with two attached hydrogens (primary N) is 1. The zero-order valence-electron chi connectivity index (χ0n) is 12.2. The molecule has 0 amide bonds. The summed E-state index contributed by atoms with van der Waals surface area (Å²) in [5.41, 5.74) is 12.1. The van der Waals surface area contributed by atoms with Crippen LogP contribution in [0.2, 0.25) is 0 Å². The fraction of sp³-hybridized carbons (Fsp3) is 0.176. The highest BCUT2D eigenvalue weighted by atomic mass is 14.9. The van der Waals surface area contributed by atoms with E-state index in [4.69, 9.17) is 5.73 Å². The van der Waals surface area contributed by atoms with Gasteiger partial charge in [0.05, 0.1) is 5.52 Å². The van der Waals surface area contributed by atoms with Gasteiger partial charge in [-0.3, -0.25) is 9.97 Å². The van der Waals surface area contributed by atoms with Crippen LogP contribution < -0.4 is 11.1 Å². The first-order valence-electron chi connectivity index (χ1n) is 6.94. The van der Waals surface area contributed by atoms with Crippen molar-refractivity contribution in [3.8, 4) is 0 Å². The van der Waals surface area contributed by atoms with E-state index in [1.54, 1.807) is 0 Å². The maximum absolute atomic E-state index is 5.90. The van der Waals surface area contributed by atoms with Crippen molar-refractivity contribution >= 4 is 22.3 Å². The normalized spacial score (nSPS) is 10.8. The van der Waals surface area contributed by atoms with Gasteiger partial charge in [0.2, 0.25) is 0 Å². The second-order valence-corrected chi connectivity index (χ2v) is 5.24. The molecule has 0 saturated carbocycles. The number of hydrogen-bond acceptors (Lipinski definition) is 4. The molecule has 0 aliphatic carbocycles. The Morgan fingerprint density at radius 2 is 2.00 bits per heavy atom. The van der Waals surface area contributed by atoms with Crippen molar-refractivity contribution in [2.45, 2.75) is 20.4 Å². The SMILES string of the molecule is Cc1cc(NCc2ccncc2C)c2cc(N)ccc2n1. The average Bonchev–Trinajstić information content (AvgIpc) is 2.47. The van der Waals surface area contributed by atoms with Crippen LogP contribution in [0.15, 0.2) is 42.7 Å². The molecular formula is C17H18N4. The van der Waals surface area contributed by atoms with Gasteiger partial charge in [-0.15, -0.1) is 0 Å². The molecule has 0 spiro atoms. The van der Waals surface area contributed by atoms with Crippen molar-refractivity contribution in [2.24, 2.45) is 0 Å². The Labute approximate surface area is 124 Å². The highest BCUT2D eigenvalue weighted by Gasteiger charge is 2.05. The van der Waals surface area contributed by atoms with E-state index in [0.717, 1.165) is 34.5 Å². The van der Waals surface area contributed by atoms with Gasteiger partial charge in [-0.25, -0.2) is 0 Å². The summed E-state index contributed by atoms with van der Waals surface area (Å²) in [5, 5.41) is 4.54. The Morgan fingerprint density at radius 3 is 2.81 bits per heavy atom. The van der Waals surface area contributed by atoms with Gasteiger partial charge in [0.1, 0.15) is 0 Å². The molecule has 0 aliphatic heterocycles. The molecule has 2 heterocycles. The van der Waals surface area contributed by atoms with Crippen molar-refractivity contribution < 1.29 is 0 Å². The topological polar surface area (TPSA) is 63.8 Å². The van der Waals surface area contributed by atoms with E-state index >= 15 is 0 Å². The minimum atomic E-state index is 0.747. The van der Waals surface area contributed by atoms with Gasteiger partial charge in [0.15, 0.2) is 0 Å². The smallest absolute Gasteiger partial charge is 0.0727 e. The van der Waals surface area contributed by atoms with Crippen LogP contribution in [0.1, 0.15) is 16.8 Å². The number of nitrogens with zero attached hydrogens (tertiary/aromatic N) is 2. The van der Waals surface area contributed by atoms with Gasteiger partial charge >= 0.3 is 0 Å². The molecule has 2 aromatic heterocycles. The lowest BCUT2D eigenvalue weighted by molar-refractivity contribution is 1.09. The number of pyridine rings is 2. The lowest BCUT2D eigenvalue weighted by Crippen LogP contribution is -2.03. The number of rotatable bonds is 3. The number of aryl methyl sites for hydroxylation is 2. The van der Waals surface area contributed by atoms with Crippen LogP contribution in [0.25, 0.3) is 10.9 Å². The van der Waals surface area contributed by atoms with E-state index in [-0.39, 0.29) is 0 Å². The molecule has 0 saturated heterocycles. The van der Waals surface area contributed by atoms with Gasteiger partial charge in [-0.1, -0.05) is 0 Å². The minimum Gasteiger partial charge on any atom is -0.399 e. The number of benzene rings is 1. The minimum absolute atomic E-state index is 0.747. The first-order valence-corrected chi connectivity index (χ1v) is 6.94. The van der Waals surface area contributed by atoms with E-state index in [1.165, 1.54) is 11.1 Å². The highest BCUT2D eigenvalue weighted by Crippen LogP contribution is 2.26. The first kappa shape index (κ1) is 13.4. The molecule has 0 aliphatic rings. The standard InChI is InChI=1S/C17H18N4/c1-11-9-19-6-5-13(11)10-20-17-7-12(2)21-16-4-3-14(18)8-15(16)17/h3-9H,10,18H2,1-2H3,(H,20,21). The zero-order valence-corrected chi connectivity index (χ0v) is 12.2. The van der Waals surface area contributed by atoms with E-state index in [9.17, 15) is 0 Å². The summed E-state index contributed by atoms with van der Waals surface area (Å²) in [6, 6.07) is 9.89. The Balaban J connectivity index is 1.96. The van der Waals surface area contributed by atoms with Crippen LogP contribution in [-0.2, 0) is 6.54 Å². The van der Waals surface area contributed by atoms with Crippen LogP contribution in [0.3, 0.4) is 0 Å². The van der Waals surface area contributed by atoms with Gasteiger partial charge < -0.3 is 11.1 Å². The molecule has 3 N–H and O–H groups in total. The second-order valence-electron chi connectivity index (χ2n) is 5.24. The number of nitrogen functional groups attached to an aromatic ring is 1. The summed E-state index contributed by atoms with van der Waals surface area (Å²) in [6.07, 6.45) is 3.70. The van der Waals surface area contributed by atoms with Crippen LogP contribution in [0.4, 0.5) is 11.4 Å². The highest BCUT2D eigenvalue weighted by molar-refractivity contribution is 5.93. The van der Waals surface area contributed by atoms with Crippen molar-refractivity contribution in [2.75, 3.05) is 11.1 Å². The Kier molecular flexibility index (Phi) is 3.44. The summed E-state index contributed by atoms with van der Waals surface area (Å²) in [6.45, 7) is 4.82. The van der Waals surface area contributed by atoms with Crippen molar-refractivity contribution in [1.29, 1.82) is 0 Å². The molecule has 0 unspecified atom stereocenters. The molecule has 0 atom stereocenters. The van der Waals surface area contributed by atoms with Gasteiger partial charge in [0, 0.05) is 41.4 Å². The third kappa shape index (κ3) is 2.79. The predicted octanol–water partition coefficient (Wildman–Crippen LogP) is 3.44. The number of aromatic nitrogens is 2. The Hall–Kier alpha value is -2.62. The fourth-order valence-electron chi connectivity index (χ4n) is 2.41. The maximum atomic E-state index is 5.90. The molecule has 0 fully saturated rings. The molecule has 4 nitrogen and oxygen atoms in total. The van der Waals surface area contributed by atoms with Gasteiger partial charge in [-0.2, -0.15) is 0 Å². The lowest BCUT2D eigenvalue weighted by Gasteiger charge is -2.12. The molecule has 0 bridgehead atoms. The largest absolute Gasteiger partial charge is 0.399 e. The molecule has 3 aromatic rings. The number of anilines is 2. The average molecular weight is 278 g/mol. The third-order valence-corrected chi connectivity index (χ3v) is 3.57. The monoisotopic (exact) mass is 278 g/mol. The van der Waals surface area contributed by atoms with Crippen molar-refractivity contribution in [3.63, 3.8) is 0 Å². The van der Waals surface area contributed by atoms with E-state index in [2.05, 4.69) is 28.3 Å². The zero-order chi connectivity index (χ0) is 14.8. The van der Waals surface area contributed by atoms with E-state index in [0.29, 0.717) is 0 Å². The number of nitrogens with one attached hydrogen (secondary N) is 1. The molecule has 4 heteroatoms. The quantitative estimate of drug-likeness (QED) is 0.720. The predicted molar refractivity (Wildman–Crippen MR) is 87.2 cm³/mol. The summed E-state index contributed by atoms with van der Waals surface area (Å²) < 4.78 is 0. The van der Waals surface area contributed by atoms with Crippen molar-refractivity contribution in [3.05, 3.63) is 59.5 Å². The van der Waals surface area contributed by atoms with E-state index in [1.807, 2.05) is 43.6 Å². The second kappa shape index (κ2) is 5.40. The number of fused-ring (bicyclic) bond motifs is 1. The molecule has 3 rings (SSSR count). The van der Waals surface area contributed by atoms with Crippen LogP contribution in [0, 0.1) is 13.8 Å². The van der Waals surface area contributed by atoms with Crippen molar-refractivity contribution in [1.82, 2.24) is 9.97 Å². The number of hydrogen-bond donors (Lipinski definition) is 2. The maximum Gasteiger partial charge on any atom is 0.0727 e. The molecule has 0 radical (unpaired) electrons.